The lowest BCUT2D eigenvalue weighted by atomic mass is 10.2. The zero-order chi connectivity index (χ0) is 8.85. The molecule has 68 valence electrons. The molecule has 0 amide bonds. The van der Waals surface area contributed by atoms with Crippen LogP contribution in [0.3, 0.4) is 0 Å². The van der Waals surface area contributed by atoms with Crippen molar-refractivity contribution in [3.63, 3.8) is 0 Å². The Bertz CT molecular complexity index is 98.6. The summed E-state index contributed by atoms with van der Waals surface area (Å²) in [6.45, 7) is -0.0369. The van der Waals surface area contributed by atoms with Gasteiger partial charge in [0.1, 0.15) is 6.67 Å². The van der Waals surface area contributed by atoms with Crippen LogP contribution in [-0.2, 0) is 4.74 Å². The van der Waals surface area contributed by atoms with Crippen molar-refractivity contribution in [3.8, 4) is 0 Å². The fraction of sp³-hybridized carbons (Fsp3) is 1.00. The molecule has 11 heavy (non-hydrogen) atoms. The van der Waals surface area contributed by atoms with Crippen LogP contribution in [-0.4, -0.2) is 32.0 Å². The first-order chi connectivity index (χ1) is 5.13. The number of alkyl halides is 4. The van der Waals surface area contributed by atoms with Crippen molar-refractivity contribution in [2.24, 2.45) is 0 Å². The van der Waals surface area contributed by atoms with Gasteiger partial charge in [-0.2, -0.15) is 0 Å². The summed E-state index contributed by atoms with van der Waals surface area (Å²) in [5, 5.41) is 0. The molecular formula is C6H10F4O. The molecule has 0 aromatic carbocycles. The predicted molar refractivity (Wildman–Crippen MR) is 32.3 cm³/mol. The summed E-state index contributed by atoms with van der Waals surface area (Å²) in [5.41, 5.74) is 0. The summed E-state index contributed by atoms with van der Waals surface area (Å²) in [5.74, 6) is 0. The van der Waals surface area contributed by atoms with E-state index in [1.165, 1.54) is 6.92 Å². The summed E-state index contributed by atoms with van der Waals surface area (Å²) in [6, 6.07) is 0. The van der Waals surface area contributed by atoms with Gasteiger partial charge in [0, 0.05) is 6.61 Å². The first-order valence-corrected chi connectivity index (χ1v) is 3.23. The average Bonchev–Trinajstić information content (AvgIpc) is 1.98. The summed E-state index contributed by atoms with van der Waals surface area (Å²) >= 11 is 0. The summed E-state index contributed by atoms with van der Waals surface area (Å²) in [6.07, 6.45) is -7.12. The van der Waals surface area contributed by atoms with Gasteiger partial charge in [-0.25, -0.2) is 17.6 Å². The molecule has 0 radical (unpaired) electrons. The van der Waals surface area contributed by atoms with Gasteiger partial charge in [-0.1, -0.05) is 0 Å². The van der Waals surface area contributed by atoms with Gasteiger partial charge >= 0.3 is 0 Å². The van der Waals surface area contributed by atoms with Crippen LogP contribution in [0.2, 0.25) is 0 Å². The Morgan fingerprint density at radius 1 is 1.27 bits per heavy atom. The molecule has 0 heterocycles. The van der Waals surface area contributed by atoms with Crippen LogP contribution in [0.25, 0.3) is 0 Å². The summed E-state index contributed by atoms with van der Waals surface area (Å²) < 4.78 is 51.7. The number of hydrogen-bond acceptors (Lipinski definition) is 1. The molecule has 1 nitrogen and oxygen atoms in total. The second-order valence-corrected chi connectivity index (χ2v) is 1.92. The minimum atomic E-state index is -2.97. The van der Waals surface area contributed by atoms with E-state index < -0.39 is 25.4 Å². The van der Waals surface area contributed by atoms with Crippen molar-refractivity contribution < 1.29 is 22.3 Å². The highest BCUT2D eigenvalue weighted by molar-refractivity contribution is 4.70. The lowest BCUT2D eigenvalue weighted by Gasteiger charge is -2.17. The fourth-order valence-corrected chi connectivity index (χ4v) is 0.615. The van der Waals surface area contributed by atoms with E-state index in [4.69, 9.17) is 0 Å². The summed E-state index contributed by atoms with van der Waals surface area (Å²) in [7, 11) is 0. The molecule has 0 saturated heterocycles. The molecule has 0 aliphatic carbocycles. The van der Waals surface area contributed by atoms with E-state index >= 15 is 0 Å². The first-order valence-electron chi connectivity index (χ1n) is 3.23. The quantitative estimate of drug-likeness (QED) is 0.579. The number of rotatable bonds is 5. The molecule has 0 rings (SSSR count). The van der Waals surface area contributed by atoms with Crippen LogP contribution in [0.4, 0.5) is 17.6 Å². The number of halogens is 4. The second-order valence-electron chi connectivity index (χ2n) is 1.92. The van der Waals surface area contributed by atoms with Crippen LogP contribution in [0.1, 0.15) is 6.92 Å². The molecule has 2 atom stereocenters. The molecule has 0 saturated carbocycles. The molecule has 0 N–H and O–H groups in total. The molecule has 0 fully saturated rings. The molecule has 0 aromatic rings. The third-order valence-corrected chi connectivity index (χ3v) is 1.11. The van der Waals surface area contributed by atoms with Gasteiger partial charge in [-0.3, -0.25) is 0 Å². The lowest BCUT2D eigenvalue weighted by molar-refractivity contribution is -0.0927. The Kier molecular flexibility index (Phi) is 5.19. The second kappa shape index (κ2) is 5.35. The Morgan fingerprint density at radius 2 is 1.82 bits per heavy atom. The van der Waals surface area contributed by atoms with E-state index in [1.807, 2.05) is 0 Å². The zero-order valence-corrected chi connectivity index (χ0v) is 6.07. The SMILES string of the molecule is CCOC(C(F)F)C(F)CF. The van der Waals surface area contributed by atoms with Gasteiger partial charge in [0.05, 0.1) is 0 Å². The van der Waals surface area contributed by atoms with E-state index in [0.717, 1.165) is 0 Å². The van der Waals surface area contributed by atoms with E-state index in [0.29, 0.717) is 0 Å². The van der Waals surface area contributed by atoms with Gasteiger partial charge in [0.25, 0.3) is 6.43 Å². The molecule has 0 aliphatic heterocycles. The van der Waals surface area contributed by atoms with E-state index in [9.17, 15) is 17.6 Å². The first kappa shape index (κ1) is 10.7. The van der Waals surface area contributed by atoms with Crippen molar-refractivity contribution >= 4 is 0 Å². The molecule has 5 heteroatoms. The van der Waals surface area contributed by atoms with Crippen molar-refractivity contribution in [1.82, 2.24) is 0 Å². The van der Waals surface area contributed by atoms with Gasteiger partial charge in [0.2, 0.25) is 0 Å². The maximum Gasteiger partial charge on any atom is 0.267 e. The van der Waals surface area contributed by atoms with Crippen LogP contribution >= 0.6 is 0 Å². The monoisotopic (exact) mass is 174 g/mol. The average molecular weight is 174 g/mol. The molecule has 0 aromatic heterocycles. The number of ether oxygens (including phenoxy) is 1. The largest absolute Gasteiger partial charge is 0.369 e. The van der Waals surface area contributed by atoms with Gasteiger partial charge < -0.3 is 4.74 Å². The Hall–Kier alpha value is -0.320. The highest BCUT2D eigenvalue weighted by atomic mass is 19.3. The predicted octanol–water partition coefficient (Wildman–Crippen LogP) is 1.96. The maximum absolute atomic E-state index is 12.3. The van der Waals surface area contributed by atoms with Crippen LogP contribution < -0.4 is 0 Å². The normalized spacial score (nSPS) is 16.9. The van der Waals surface area contributed by atoms with Crippen molar-refractivity contribution in [2.75, 3.05) is 13.3 Å². The van der Waals surface area contributed by atoms with Crippen LogP contribution in [0, 0.1) is 0 Å². The topological polar surface area (TPSA) is 9.23 Å². The maximum atomic E-state index is 12.3. The summed E-state index contributed by atoms with van der Waals surface area (Å²) in [4.78, 5) is 0. The van der Waals surface area contributed by atoms with Gasteiger partial charge in [-0.05, 0) is 6.92 Å². The van der Waals surface area contributed by atoms with Crippen molar-refractivity contribution in [3.05, 3.63) is 0 Å². The van der Waals surface area contributed by atoms with E-state index in [-0.39, 0.29) is 6.61 Å². The van der Waals surface area contributed by atoms with Gasteiger partial charge in [-0.15, -0.1) is 0 Å². The lowest BCUT2D eigenvalue weighted by Crippen LogP contribution is -2.34. The van der Waals surface area contributed by atoms with E-state index in [2.05, 4.69) is 4.74 Å². The zero-order valence-electron chi connectivity index (χ0n) is 6.07. The third-order valence-electron chi connectivity index (χ3n) is 1.11. The highest BCUT2D eigenvalue weighted by Crippen LogP contribution is 2.13. The van der Waals surface area contributed by atoms with Crippen LogP contribution in [0.15, 0.2) is 0 Å². The van der Waals surface area contributed by atoms with Crippen molar-refractivity contribution in [2.45, 2.75) is 25.6 Å². The standard InChI is InChI=1S/C6H10F4O/c1-2-11-5(6(9)10)4(8)3-7/h4-6H,2-3H2,1H3. The molecule has 0 spiro atoms. The molecule has 0 aliphatic rings. The minimum Gasteiger partial charge on any atom is -0.369 e. The van der Waals surface area contributed by atoms with Gasteiger partial charge in [0.15, 0.2) is 12.3 Å². The number of hydrogen-bond donors (Lipinski definition) is 0. The van der Waals surface area contributed by atoms with Crippen molar-refractivity contribution in [1.29, 1.82) is 0 Å². The Morgan fingerprint density at radius 3 is 2.09 bits per heavy atom. The molecule has 2 unspecified atom stereocenters. The highest BCUT2D eigenvalue weighted by Gasteiger charge is 2.30. The fourth-order valence-electron chi connectivity index (χ4n) is 0.615. The molecular weight excluding hydrogens is 164 g/mol. The molecule has 0 bridgehead atoms. The smallest absolute Gasteiger partial charge is 0.267 e. The minimum absolute atomic E-state index is 0.0462. The third kappa shape index (κ3) is 3.55. The van der Waals surface area contributed by atoms with Crippen LogP contribution in [0.5, 0.6) is 0 Å². The van der Waals surface area contributed by atoms with E-state index in [1.54, 1.807) is 0 Å². The Balaban J connectivity index is 3.87. The Labute approximate surface area is 62.3 Å².